The molecule has 0 amide bonds. The van der Waals surface area contributed by atoms with Gasteiger partial charge in [-0.1, -0.05) is 66.7 Å². The van der Waals surface area contributed by atoms with E-state index in [1.54, 1.807) is 54.6 Å². The Bertz CT molecular complexity index is 1880. The summed E-state index contributed by atoms with van der Waals surface area (Å²) in [6, 6.07) is 26.8. The minimum Gasteiger partial charge on any atom is -0.507 e. The van der Waals surface area contributed by atoms with Gasteiger partial charge in [-0.3, -0.25) is 0 Å². The molecular formula is C40H42O14. The lowest BCUT2D eigenvalue weighted by molar-refractivity contribution is -0.277. The lowest BCUT2D eigenvalue weighted by Crippen LogP contribution is -2.60. The Hall–Kier alpha value is -4.58. The van der Waals surface area contributed by atoms with Crippen LogP contribution in [-0.4, -0.2) is 121 Å². The lowest BCUT2D eigenvalue weighted by Gasteiger charge is -2.39. The molecule has 0 unspecified atom stereocenters. The molecule has 0 aliphatic carbocycles. The standard InChI is InChI=1S/C40H42O14/c41-18-28-32(44)34(46)36(48)39(53-28)50-24-12-8-20(9-13-24)6-7-21-16-26(43)31-27(17-21)52-38(30(31)22-4-2-1-3-5-22)23-10-14-25(15-11-23)51-40-37(49)35(47)33(45)29(19-42)54-40/h1-17,28-30,32-49H,18-19H2/t28-,29-,30+,32-,33-,34+,35+,36-,37-,38-,39-,40-/m1/s1. The fourth-order valence-electron chi connectivity index (χ4n) is 6.94. The van der Waals surface area contributed by atoms with E-state index in [1.165, 1.54) is 0 Å². The fraction of sp³-hybridized carbons (Fsp3) is 0.350. The van der Waals surface area contributed by atoms with E-state index in [1.807, 2.05) is 48.6 Å². The molecule has 0 bridgehead atoms. The Balaban J connectivity index is 1.07. The summed E-state index contributed by atoms with van der Waals surface area (Å²) in [6.45, 7) is -1.14. The largest absolute Gasteiger partial charge is 0.507 e. The molecule has 3 heterocycles. The molecule has 54 heavy (non-hydrogen) atoms. The molecule has 0 radical (unpaired) electrons. The maximum Gasteiger partial charge on any atom is 0.229 e. The van der Waals surface area contributed by atoms with Crippen molar-refractivity contribution in [1.82, 2.24) is 0 Å². The molecule has 4 aromatic carbocycles. The fourth-order valence-corrected chi connectivity index (χ4v) is 6.94. The van der Waals surface area contributed by atoms with Crippen molar-refractivity contribution in [2.45, 2.75) is 73.4 Å². The average molecular weight is 747 g/mol. The highest BCUT2D eigenvalue weighted by atomic mass is 16.7. The highest BCUT2D eigenvalue weighted by Crippen LogP contribution is 2.53. The first-order valence-electron chi connectivity index (χ1n) is 17.5. The van der Waals surface area contributed by atoms with Gasteiger partial charge in [0, 0.05) is 5.56 Å². The molecule has 14 heteroatoms. The second kappa shape index (κ2) is 16.0. The van der Waals surface area contributed by atoms with Crippen LogP contribution in [0.4, 0.5) is 0 Å². The van der Waals surface area contributed by atoms with Crippen LogP contribution in [0, 0.1) is 0 Å². The van der Waals surface area contributed by atoms with E-state index in [0.717, 1.165) is 16.7 Å². The summed E-state index contributed by atoms with van der Waals surface area (Å²) in [5.74, 6) is 0.811. The maximum absolute atomic E-state index is 11.4. The molecule has 0 saturated carbocycles. The second-order valence-corrected chi connectivity index (χ2v) is 13.5. The Kier molecular flexibility index (Phi) is 11.2. The van der Waals surface area contributed by atoms with Crippen molar-refractivity contribution in [2.24, 2.45) is 0 Å². The summed E-state index contributed by atoms with van der Waals surface area (Å²) < 4.78 is 28.9. The predicted molar refractivity (Wildman–Crippen MR) is 190 cm³/mol. The van der Waals surface area contributed by atoms with E-state index < -0.39 is 80.7 Å². The third-order valence-corrected chi connectivity index (χ3v) is 9.93. The van der Waals surface area contributed by atoms with Gasteiger partial charge in [-0.05, 0) is 58.7 Å². The zero-order valence-electron chi connectivity index (χ0n) is 28.7. The van der Waals surface area contributed by atoms with Crippen LogP contribution >= 0.6 is 0 Å². The van der Waals surface area contributed by atoms with Gasteiger partial charge in [0.05, 0.1) is 19.1 Å². The van der Waals surface area contributed by atoms with Crippen molar-refractivity contribution >= 4 is 12.2 Å². The summed E-state index contributed by atoms with van der Waals surface area (Å²) in [6.07, 6.45) is -10.9. The summed E-state index contributed by atoms with van der Waals surface area (Å²) in [7, 11) is 0. The highest BCUT2D eigenvalue weighted by Gasteiger charge is 2.46. The van der Waals surface area contributed by atoms with Crippen LogP contribution in [0.5, 0.6) is 23.0 Å². The number of benzene rings is 4. The number of hydrogen-bond acceptors (Lipinski definition) is 14. The maximum atomic E-state index is 11.4. The molecule has 2 saturated heterocycles. The smallest absolute Gasteiger partial charge is 0.229 e. The Morgan fingerprint density at radius 2 is 1.07 bits per heavy atom. The summed E-state index contributed by atoms with van der Waals surface area (Å²) in [4.78, 5) is 0. The third kappa shape index (κ3) is 7.54. The first kappa shape index (κ1) is 37.7. The van der Waals surface area contributed by atoms with Crippen molar-refractivity contribution < 1.29 is 69.6 Å². The van der Waals surface area contributed by atoms with Crippen molar-refractivity contribution in [1.29, 1.82) is 0 Å². The second-order valence-electron chi connectivity index (χ2n) is 13.5. The molecule has 0 spiro atoms. The molecular weight excluding hydrogens is 704 g/mol. The van der Waals surface area contributed by atoms with Crippen LogP contribution in [0.1, 0.15) is 39.8 Å². The Morgan fingerprint density at radius 3 is 1.61 bits per heavy atom. The number of phenolic OH excluding ortho intramolecular Hbond substituents is 1. The molecule has 286 valence electrons. The highest BCUT2D eigenvalue weighted by molar-refractivity contribution is 5.73. The summed E-state index contributed by atoms with van der Waals surface area (Å²) in [5.41, 5.74) is 3.77. The van der Waals surface area contributed by atoms with Crippen molar-refractivity contribution in [3.05, 3.63) is 119 Å². The molecule has 4 aromatic rings. The van der Waals surface area contributed by atoms with Crippen LogP contribution in [-0.2, 0) is 9.47 Å². The van der Waals surface area contributed by atoms with Gasteiger partial charge in [-0.15, -0.1) is 0 Å². The van der Waals surface area contributed by atoms with E-state index in [-0.39, 0.29) is 11.7 Å². The van der Waals surface area contributed by atoms with Gasteiger partial charge in [-0.25, -0.2) is 0 Å². The normalized spacial score (nSPS) is 32.2. The predicted octanol–water partition coefficient (Wildman–Crippen LogP) is 1.19. The first-order chi connectivity index (χ1) is 26.1. The number of aliphatic hydroxyl groups excluding tert-OH is 8. The van der Waals surface area contributed by atoms with E-state index in [0.29, 0.717) is 28.4 Å². The van der Waals surface area contributed by atoms with Gasteiger partial charge < -0.3 is 69.6 Å². The average Bonchev–Trinajstić information content (AvgIpc) is 3.59. The SMILES string of the molecule is OC[C@H]1O[C@@H](Oc2ccc(C=Cc3cc(O)c4c(c3)O[C@H](c3ccc(O[C@@H]5O[C@H](CO)[C@@H](O)[C@H](O)[C@H]5O)cc3)[C@H]4c3ccccc3)cc2)[C@H](O)[C@@H](O)[C@@H]1O. The zero-order valence-corrected chi connectivity index (χ0v) is 28.7. The van der Waals surface area contributed by atoms with E-state index in [4.69, 9.17) is 23.7 Å². The van der Waals surface area contributed by atoms with Gasteiger partial charge in [0.2, 0.25) is 12.6 Å². The van der Waals surface area contributed by atoms with Gasteiger partial charge >= 0.3 is 0 Å². The summed E-state index contributed by atoms with van der Waals surface area (Å²) in [5, 5.41) is 91.3. The van der Waals surface area contributed by atoms with Gasteiger partial charge in [-0.2, -0.15) is 0 Å². The van der Waals surface area contributed by atoms with Gasteiger partial charge in [0.15, 0.2) is 0 Å². The minimum absolute atomic E-state index is 0.0503. The van der Waals surface area contributed by atoms with Crippen LogP contribution in [0.25, 0.3) is 12.2 Å². The number of phenols is 1. The van der Waals surface area contributed by atoms with Gasteiger partial charge in [0.25, 0.3) is 0 Å². The van der Waals surface area contributed by atoms with Crippen LogP contribution in [0.15, 0.2) is 91.0 Å². The Morgan fingerprint density at radius 1 is 0.556 bits per heavy atom. The molecule has 9 N–H and O–H groups in total. The van der Waals surface area contributed by atoms with Crippen LogP contribution < -0.4 is 14.2 Å². The van der Waals surface area contributed by atoms with E-state index in [9.17, 15) is 46.0 Å². The Labute approximate surface area is 309 Å². The zero-order chi connectivity index (χ0) is 38.1. The number of aromatic hydroxyl groups is 1. The molecule has 7 rings (SSSR count). The molecule has 2 fully saturated rings. The monoisotopic (exact) mass is 746 g/mol. The number of rotatable bonds is 10. The van der Waals surface area contributed by atoms with E-state index >= 15 is 0 Å². The molecule has 0 aromatic heterocycles. The summed E-state index contributed by atoms with van der Waals surface area (Å²) >= 11 is 0. The number of fused-ring (bicyclic) bond motifs is 1. The van der Waals surface area contributed by atoms with Crippen molar-refractivity contribution in [3.8, 4) is 23.0 Å². The quantitative estimate of drug-likeness (QED) is 0.104. The number of aliphatic hydroxyl groups is 8. The topological polar surface area (TPSA) is 228 Å². The first-order valence-corrected chi connectivity index (χ1v) is 17.5. The number of hydrogen-bond donors (Lipinski definition) is 9. The van der Waals surface area contributed by atoms with Gasteiger partial charge in [0.1, 0.15) is 77.9 Å². The molecule has 14 nitrogen and oxygen atoms in total. The lowest BCUT2D eigenvalue weighted by atomic mass is 9.84. The number of ether oxygens (including phenoxy) is 5. The molecule has 3 aliphatic rings. The van der Waals surface area contributed by atoms with Crippen LogP contribution in [0.2, 0.25) is 0 Å². The minimum atomic E-state index is -1.57. The van der Waals surface area contributed by atoms with E-state index in [2.05, 4.69) is 0 Å². The van der Waals surface area contributed by atoms with Crippen molar-refractivity contribution in [3.63, 3.8) is 0 Å². The van der Waals surface area contributed by atoms with Crippen LogP contribution in [0.3, 0.4) is 0 Å². The third-order valence-electron chi connectivity index (χ3n) is 9.93. The van der Waals surface area contributed by atoms with Crippen molar-refractivity contribution in [2.75, 3.05) is 13.2 Å². The molecule has 12 atom stereocenters. The molecule has 3 aliphatic heterocycles.